The standard InChI is InChI=1S/C20H31NO5/c1-5-24-15-14-21(13-9-12-18(22)26-20(2,3)4)19(23)25-16-17-10-7-6-8-11-17/h6-8,10-11H,5,9,12-16H2,1-4H3. The predicted molar refractivity (Wildman–Crippen MR) is 99.8 cm³/mol. The highest BCUT2D eigenvalue weighted by Crippen LogP contribution is 2.10. The lowest BCUT2D eigenvalue weighted by Crippen LogP contribution is -2.35. The maximum Gasteiger partial charge on any atom is 0.410 e. The largest absolute Gasteiger partial charge is 0.460 e. The second kappa shape index (κ2) is 11.5. The van der Waals surface area contributed by atoms with Crippen molar-refractivity contribution in [1.29, 1.82) is 0 Å². The summed E-state index contributed by atoms with van der Waals surface area (Å²) < 4.78 is 16.0. The van der Waals surface area contributed by atoms with Crippen molar-refractivity contribution in [3.8, 4) is 0 Å². The van der Waals surface area contributed by atoms with Crippen LogP contribution in [0.3, 0.4) is 0 Å². The molecule has 0 N–H and O–H groups in total. The Bertz CT molecular complexity index is 539. The average molecular weight is 365 g/mol. The van der Waals surface area contributed by atoms with Crippen LogP contribution in [0.2, 0.25) is 0 Å². The van der Waals surface area contributed by atoms with E-state index in [1.54, 1.807) is 4.90 Å². The first-order valence-electron chi connectivity index (χ1n) is 9.07. The van der Waals surface area contributed by atoms with Crippen LogP contribution in [0.5, 0.6) is 0 Å². The fraction of sp³-hybridized carbons (Fsp3) is 0.600. The minimum absolute atomic E-state index is 0.219. The van der Waals surface area contributed by atoms with Gasteiger partial charge in [-0.05, 0) is 39.7 Å². The van der Waals surface area contributed by atoms with E-state index in [4.69, 9.17) is 14.2 Å². The number of rotatable bonds is 10. The summed E-state index contributed by atoms with van der Waals surface area (Å²) in [4.78, 5) is 25.7. The van der Waals surface area contributed by atoms with Crippen molar-refractivity contribution in [2.75, 3.05) is 26.3 Å². The Labute approximate surface area is 156 Å². The third-order valence-corrected chi connectivity index (χ3v) is 3.40. The van der Waals surface area contributed by atoms with Crippen LogP contribution in [0.4, 0.5) is 4.79 Å². The fourth-order valence-corrected chi connectivity index (χ4v) is 2.23. The SMILES string of the molecule is CCOCCN(CCCC(=O)OC(C)(C)C)C(=O)OCc1ccccc1. The molecule has 0 spiro atoms. The molecule has 1 aromatic rings. The highest BCUT2D eigenvalue weighted by molar-refractivity contribution is 5.70. The van der Waals surface area contributed by atoms with Crippen LogP contribution in [0.25, 0.3) is 0 Å². The molecule has 0 atom stereocenters. The second-order valence-electron chi connectivity index (χ2n) is 6.91. The van der Waals surface area contributed by atoms with Gasteiger partial charge >= 0.3 is 12.1 Å². The van der Waals surface area contributed by atoms with Gasteiger partial charge in [-0.2, -0.15) is 0 Å². The Balaban J connectivity index is 2.46. The number of amides is 1. The van der Waals surface area contributed by atoms with E-state index in [-0.39, 0.29) is 19.0 Å². The van der Waals surface area contributed by atoms with E-state index in [2.05, 4.69) is 0 Å². The summed E-state index contributed by atoms with van der Waals surface area (Å²) in [5.41, 5.74) is 0.430. The molecule has 0 aliphatic rings. The molecule has 0 radical (unpaired) electrons. The molecule has 0 aromatic heterocycles. The summed E-state index contributed by atoms with van der Waals surface area (Å²) in [7, 11) is 0. The van der Waals surface area contributed by atoms with Crippen LogP contribution in [0.1, 0.15) is 46.1 Å². The third kappa shape index (κ3) is 10.0. The van der Waals surface area contributed by atoms with Gasteiger partial charge in [-0.1, -0.05) is 30.3 Å². The van der Waals surface area contributed by atoms with Gasteiger partial charge in [0.25, 0.3) is 0 Å². The zero-order valence-electron chi connectivity index (χ0n) is 16.3. The molecule has 0 bridgehead atoms. The lowest BCUT2D eigenvalue weighted by Gasteiger charge is -2.23. The van der Waals surface area contributed by atoms with E-state index in [0.29, 0.717) is 32.7 Å². The molecule has 6 heteroatoms. The minimum Gasteiger partial charge on any atom is -0.460 e. The molecular weight excluding hydrogens is 334 g/mol. The molecule has 0 aliphatic carbocycles. The maximum absolute atomic E-state index is 12.3. The summed E-state index contributed by atoms with van der Waals surface area (Å²) in [6.07, 6.45) is 0.369. The number of carbonyl (C=O) groups excluding carboxylic acids is 2. The smallest absolute Gasteiger partial charge is 0.410 e. The molecule has 1 aromatic carbocycles. The Kier molecular flexibility index (Phi) is 9.73. The molecule has 0 fully saturated rings. The van der Waals surface area contributed by atoms with Crippen molar-refractivity contribution >= 4 is 12.1 Å². The Morgan fingerprint density at radius 1 is 1.08 bits per heavy atom. The van der Waals surface area contributed by atoms with Gasteiger partial charge < -0.3 is 19.1 Å². The number of esters is 1. The van der Waals surface area contributed by atoms with Crippen LogP contribution in [0.15, 0.2) is 30.3 Å². The summed E-state index contributed by atoms with van der Waals surface area (Å²) in [5, 5.41) is 0. The molecule has 146 valence electrons. The van der Waals surface area contributed by atoms with Crippen LogP contribution in [-0.4, -0.2) is 48.9 Å². The number of nitrogens with zero attached hydrogens (tertiary/aromatic N) is 1. The molecular formula is C20H31NO5. The molecule has 1 amide bonds. The van der Waals surface area contributed by atoms with E-state index >= 15 is 0 Å². The number of hydrogen-bond donors (Lipinski definition) is 0. The Morgan fingerprint density at radius 3 is 2.38 bits per heavy atom. The van der Waals surface area contributed by atoms with Crippen molar-refractivity contribution in [3.63, 3.8) is 0 Å². The highest BCUT2D eigenvalue weighted by Gasteiger charge is 2.18. The fourth-order valence-electron chi connectivity index (χ4n) is 2.23. The predicted octanol–water partition coefficient (Wildman–Crippen LogP) is 3.78. The first kappa shape index (κ1) is 22.0. The molecule has 0 saturated heterocycles. The molecule has 6 nitrogen and oxygen atoms in total. The minimum atomic E-state index is -0.500. The van der Waals surface area contributed by atoms with Crippen molar-refractivity contribution in [1.82, 2.24) is 4.90 Å². The van der Waals surface area contributed by atoms with Gasteiger partial charge in [-0.15, -0.1) is 0 Å². The van der Waals surface area contributed by atoms with Gasteiger partial charge in [0, 0.05) is 26.1 Å². The maximum atomic E-state index is 12.3. The van der Waals surface area contributed by atoms with Crippen molar-refractivity contribution < 1.29 is 23.8 Å². The molecule has 0 saturated carbocycles. The molecule has 26 heavy (non-hydrogen) atoms. The van der Waals surface area contributed by atoms with E-state index in [1.165, 1.54) is 0 Å². The Hall–Kier alpha value is -2.08. The van der Waals surface area contributed by atoms with Gasteiger partial charge in [0.1, 0.15) is 12.2 Å². The summed E-state index contributed by atoms with van der Waals surface area (Å²) in [6, 6.07) is 9.52. The summed E-state index contributed by atoms with van der Waals surface area (Å²) in [6.45, 7) is 9.49. The van der Waals surface area contributed by atoms with E-state index in [9.17, 15) is 9.59 Å². The highest BCUT2D eigenvalue weighted by atomic mass is 16.6. The third-order valence-electron chi connectivity index (χ3n) is 3.40. The average Bonchev–Trinajstić information content (AvgIpc) is 2.58. The van der Waals surface area contributed by atoms with E-state index in [0.717, 1.165) is 5.56 Å². The van der Waals surface area contributed by atoms with Crippen LogP contribution in [0, 0.1) is 0 Å². The molecule has 0 unspecified atom stereocenters. The van der Waals surface area contributed by atoms with Gasteiger partial charge in [-0.3, -0.25) is 4.79 Å². The number of carbonyl (C=O) groups is 2. The zero-order chi connectivity index (χ0) is 19.4. The molecule has 0 heterocycles. The number of ether oxygens (including phenoxy) is 3. The molecule has 0 aliphatic heterocycles. The topological polar surface area (TPSA) is 65.1 Å². The van der Waals surface area contributed by atoms with Gasteiger partial charge in [0.05, 0.1) is 6.61 Å². The Morgan fingerprint density at radius 2 is 1.77 bits per heavy atom. The first-order valence-corrected chi connectivity index (χ1v) is 9.07. The van der Waals surface area contributed by atoms with E-state index in [1.807, 2.05) is 58.0 Å². The second-order valence-corrected chi connectivity index (χ2v) is 6.91. The zero-order valence-corrected chi connectivity index (χ0v) is 16.3. The van der Waals surface area contributed by atoms with Crippen molar-refractivity contribution in [2.45, 2.75) is 52.7 Å². The van der Waals surface area contributed by atoms with E-state index < -0.39 is 11.7 Å². The van der Waals surface area contributed by atoms with Crippen LogP contribution in [-0.2, 0) is 25.6 Å². The van der Waals surface area contributed by atoms with Gasteiger partial charge in [-0.25, -0.2) is 4.79 Å². The molecule has 1 rings (SSSR count). The van der Waals surface area contributed by atoms with Gasteiger partial charge in [0.15, 0.2) is 0 Å². The van der Waals surface area contributed by atoms with Gasteiger partial charge in [0.2, 0.25) is 0 Å². The number of benzene rings is 1. The van der Waals surface area contributed by atoms with Crippen LogP contribution >= 0.6 is 0 Å². The normalized spacial score (nSPS) is 11.1. The first-order chi connectivity index (χ1) is 12.3. The van der Waals surface area contributed by atoms with Crippen LogP contribution < -0.4 is 0 Å². The quantitative estimate of drug-likeness (QED) is 0.466. The lowest BCUT2D eigenvalue weighted by atomic mass is 10.2. The lowest BCUT2D eigenvalue weighted by molar-refractivity contribution is -0.155. The summed E-state index contributed by atoms with van der Waals surface area (Å²) in [5.74, 6) is -0.264. The summed E-state index contributed by atoms with van der Waals surface area (Å²) >= 11 is 0. The van der Waals surface area contributed by atoms with Crippen molar-refractivity contribution in [3.05, 3.63) is 35.9 Å². The monoisotopic (exact) mass is 365 g/mol. The number of hydrogen-bond acceptors (Lipinski definition) is 5. The van der Waals surface area contributed by atoms with Crippen molar-refractivity contribution in [2.24, 2.45) is 0 Å².